The number of hydrogen-bond donors (Lipinski definition) is 2. The molecule has 0 amide bonds. The van der Waals surface area contributed by atoms with Crippen LogP contribution < -0.4 is 16.4 Å². The standard InChI is InChI=1S/C15H18N4O3S/c1-2-22-14(21)9-7-16-18-15-17-12-11(13(20)19(9)15)8-5-3-4-6-10(8)23-12/h9,16H,2-7H2,1H3,(H,17,18). The van der Waals surface area contributed by atoms with Gasteiger partial charge in [-0.1, -0.05) is 0 Å². The van der Waals surface area contributed by atoms with Crippen LogP contribution in [0.4, 0.5) is 5.95 Å². The summed E-state index contributed by atoms with van der Waals surface area (Å²) < 4.78 is 6.55. The Labute approximate surface area is 136 Å². The molecule has 8 heteroatoms. The molecule has 2 aromatic heterocycles. The van der Waals surface area contributed by atoms with Gasteiger partial charge < -0.3 is 4.74 Å². The number of rotatable bonds is 2. The number of fused-ring (bicyclic) bond motifs is 4. The Hall–Kier alpha value is -1.93. The van der Waals surface area contributed by atoms with Gasteiger partial charge in [0.15, 0.2) is 6.04 Å². The van der Waals surface area contributed by atoms with Crippen molar-refractivity contribution >= 4 is 33.5 Å². The number of carbonyl (C=O) groups excluding carboxylic acids is 1. The average molecular weight is 334 g/mol. The van der Waals surface area contributed by atoms with Gasteiger partial charge in [-0.05, 0) is 38.2 Å². The monoisotopic (exact) mass is 334 g/mol. The van der Waals surface area contributed by atoms with Crippen LogP contribution in [-0.4, -0.2) is 28.7 Å². The van der Waals surface area contributed by atoms with E-state index in [1.54, 1.807) is 18.3 Å². The molecule has 4 rings (SSSR count). The first-order valence-electron chi connectivity index (χ1n) is 7.93. The molecule has 0 fully saturated rings. The fourth-order valence-corrected chi connectivity index (χ4v) is 4.59. The predicted molar refractivity (Wildman–Crippen MR) is 87.8 cm³/mol. The summed E-state index contributed by atoms with van der Waals surface area (Å²) in [5.74, 6) is -0.0273. The van der Waals surface area contributed by atoms with E-state index in [1.165, 1.54) is 9.44 Å². The number of esters is 1. The molecule has 7 nitrogen and oxygen atoms in total. The predicted octanol–water partition coefficient (Wildman–Crippen LogP) is 1.37. The number of hydrazine groups is 1. The van der Waals surface area contributed by atoms with Crippen LogP contribution in [0.2, 0.25) is 0 Å². The van der Waals surface area contributed by atoms with Gasteiger partial charge in [0, 0.05) is 11.4 Å². The summed E-state index contributed by atoms with van der Waals surface area (Å²) in [6.07, 6.45) is 4.19. The fourth-order valence-electron chi connectivity index (χ4n) is 3.34. The second kappa shape index (κ2) is 5.61. The minimum absolute atomic E-state index is 0.142. The van der Waals surface area contributed by atoms with Gasteiger partial charge >= 0.3 is 5.97 Å². The summed E-state index contributed by atoms with van der Waals surface area (Å²) in [5, 5.41) is 0.687. The van der Waals surface area contributed by atoms with E-state index in [1.807, 2.05) is 0 Å². The largest absolute Gasteiger partial charge is 0.464 e. The summed E-state index contributed by atoms with van der Waals surface area (Å²) in [5.41, 5.74) is 6.81. The van der Waals surface area contributed by atoms with Crippen LogP contribution >= 0.6 is 11.3 Å². The van der Waals surface area contributed by atoms with E-state index >= 15 is 0 Å². The molecule has 2 N–H and O–H groups in total. The molecule has 0 radical (unpaired) electrons. The Bertz CT molecular complexity index is 841. The van der Waals surface area contributed by atoms with Crippen molar-refractivity contribution in [2.75, 3.05) is 18.6 Å². The van der Waals surface area contributed by atoms with E-state index in [9.17, 15) is 9.59 Å². The first-order valence-corrected chi connectivity index (χ1v) is 8.74. The van der Waals surface area contributed by atoms with Gasteiger partial charge in [0.05, 0.1) is 12.0 Å². The van der Waals surface area contributed by atoms with Crippen LogP contribution in [0.15, 0.2) is 4.79 Å². The molecule has 3 heterocycles. The van der Waals surface area contributed by atoms with Crippen molar-refractivity contribution in [1.29, 1.82) is 0 Å². The Morgan fingerprint density at radius 2 is 2.26 bits per heavy atom. The number of nitrogens with zero attached hydrogens (tertiary/aromatic N) is 2. The molecule has 0 bridgehead atoms. The molecular formula is C15H18N4O3S. The molecule has 2 aromatic rings. The average Bonchev–Trinajstić information content (AvgIpc) is 2.93. The number of hydrogen-bond acceptors (Lipinski definition) is 7. The molecule has 23 heavy (non-hydrogen) atoms. The molecule has 1 atom stereocenters. The second-order valence-corrected chi connectivity index (χ2v) is 6.86. The van der Waals surface area contributed by atoms with Gasteiger partial charge in [0.1, 0.15) is 4.83 Å². The van der Waals surface area contributed by atoms with Crippen molar-refractivity contribution in [3.63, 3.8) is 0 Å². The number of aromatic nitrogens is 2. The third kappa shape index (κ3) is 2.24. The first-order chi connectivity index (χ1) is 11.2. The van der Waals surface area contributed by atoms with Crippen molar-refractivity contribution in [2.24, 2.45) is 0 Å². The Balaban J connectivity index is 1.93. The maximum atomic E-state index is 13.1. The molecule has 0 spiro atoms. The number of nitrogens with one attached hydrogen (secondary N) is 2. The van der Waals surface area contributed by atoms with Gasteiger partial charge in [0.25, 0.3) is 5.56 Å². The minimum atomic E-state index is -0.685. The molecule has 122 valence electrons. The van der Waals surface area contributed by atoms with Crippen LogP contribution in [0.3, 0.4) is 0 Å². The third-order valence-corrected chi connectivity index (χ3v) is 5.57. The van der Waals surface area contributed by atoms with Gasteiger partial charge in [-0.3, -0.25) is 14.8 Å². The number of carbonyl (C=O) groups is 1. The second-order valence-electron chi connectivity index (χ2n) is 5.78. The smallest absolute Gasteiger partial charge is 0.330 e. The highest BCUT2D eigenvalue weighted by Gasteiger charge is 2.31. The van der Waals surface area contributed by atoms with Crippen molar-refractivity contribution in [3.05, 3.63) is 20.8 Å². The lowest BCUT2D eigenvalue weighted by Gasteiger charge is -2.27. The molecule has 1 aliphatic heterocycles. The van der Waals surface area contributed by atoms with Crippen LogP contribution in [0.25, 0.3) is 10.2 Å². The lowest BCUT2D eigenvalue weighted by atomic mass is 9.97. The molecule has 1 unspecified atom stereocenters. The molecule has 0 saturated carbocycles. The van der Waals surface area contributed by atoms with E-state index in [-0.39, 0.29) is 12.2 Å². The van der Waals surface area contributed by atoms with E-state index in [2.05, 4.69) is 15.8 Å². The number of ether oxygens (including phenoxy) is 1. The normalized spacial score (nSPS) is 19.8. The van der Waals surface area contributed by atoms with Crippen molar-refractivity contribution in [3.8, 4) is 0 Å². The fraction of sp³-hybridized carbons (Fsp3) is 0.533. The topological polar surface area (TPSA) is 85.2 Å². The Kier molecular flexibility index (Phi) is 3.57. The van der Waals surface area contributed by atoms with Gasteiger partial charge in [-0.2, -0.15) is 0 Å². The van der Waals surface area contributed by atoms with Crippen molar-refractivity contribution in [1.82, 2.24) is 15.0 Å². The molecule has 1 aliphatic carbocycles. The third-order valence-electron chi connectivity index (χ3n) is 4.39. The summed E-state index contributed by atoms with van der Waals surface area (Å²) in [6, 6.07) is -0.685. The quantitative estimate of drug-likeness (QED) is 0.807. The molecule has 2 aliphatic rings. The van der Waals surface area contributed by atoms with Gasteiger partial charge in [0.2, 0.25) is 5.95 Å². The highest BCUT2D eigenvalue weighted by atomic mass is 32.1. The lowest BCUT2D eigenvalue weighted by Crippen LogP contribution is -2.46. The van der Waals surface area contributed by atoms with E-state index in [0.29, 0.717) is 17.9 Å². The number of thiophene rings is 1. The summed E-state index contributed by atoms with van der Waals surface area (Å²) in [4.78, 5) is 31.9. The number of aryl methyl sites for hydroxylation is 2. The SMILES string of the molecule is CCOC(=O)C1CNNc2nc3sc4c(c3c(=O)n21)CCCC4. The zero-order valence-corrected chi connectivity index (χ0v) is 13.7. The minimum Gasteiger partial charge on any atom is -0.464 e. The van der Waals surface area contributed by atoms with Crippen LogP contribution in [0.1, 0.15) is 36.2 Å². The van der Waals surface area contributed by atoms with Gasteiger partial charge in [-0.25, -0.2) is 15.2 Å². The maximum Gasteiger partial charge on any atom is 0.330 e. The lowest BCUT2D eigenvalue weighted by molar-refractivity contribution is -0.147. The van der Waals surface area contributed by atoms with Crippen molar-refractivity contribution in [2.45, 2.75) is 38.6 Å². The Morgan fingerprint density at radius 1 is 1.43 bits per heavy atom. The summed E-state index contributed by atoms with van der Waals surface area (Å²) >= 11 is 1.60. The summed E-state index contributed by atoms with van der Waals surface area (Å²) in [6.45, 7) is 2.34. The number of anilines is 1. The van der Waals surface area contributed by atoms with E-state index < -0.39 is 12.0 Å². The molecule has 0 saturated heterocycles. The molecule has 0 aromatic carbocycles. The highest BCUT2D eigenvalue weighted by Crippen LogP contribution is 2.34. The first kappa shape index (κ1) is 14.6. The molecular weight excluding hydrogens is 316 g/mol. The maximum absolute atomic E-state index is 13.1. The summed E-state index contributed by atoms with van der Waals surface area (Å²) in [7, 11) is 0. The van der Waals surface area contributed by atoms with Crippen LogP contribution in [-0.2, 0) is 22.4 Å². The Morgan fingerprint density at radius 3 is 3.09 bits per heavy atom. The zero-order chi connectivity index (χ0) is 16.0. The van der Waals surface area contributed by atoms with Crippen LogP contribution in [0.5, 0.6) is 0 Å². The zero-order valence-electron chi connectivity index (χ0n) is 12.8. The van der Waals surface area contributed by atoms with Gasteiger partial charge in [-0.15, -0.1) is 11.3 Å². The van der Waals surface area contributed by atoms with Crippen LogP contribution in [0, 0.1) is 0 Å². The van der Waals surface area contributed by atoms with E-state index in [4.69, 9.17) is 4.74 Å². The highest BCUT2D eigenvalue weighted by molar-refractivity contribution is 7.18. The van der Waals surface area contributed by atoms with Crippen molar-refractivity contribution < 1.29 is 9.53 Å². The van der Waals surface area contributed by atoms with E-state index in [0.717, 1.165) is 36.1 Å².